The van der Waals surface area contributed by atoms with E-state index < -0.39 is 59.7 Å². The third-order valence-electron chi connectivity index (χ3n) is 13.4. The summed E-state index contributed by atoms with van der Waals surface area (Å²) < 4.78 is 34.3. The van der Waals surface area contributed by atoms with Crippen LogP contribution in [0, 0.1) is 11.7 Å². The van der Waals surface area contributed by atoms with E-state index in [0.29, 0.717) is 24.2 Å². The third kappa shape index (κ3) is 9.36. The van der Waals surface area contributed by atoms with Crippen molar-refractivity contribution < 1.29 is 43.2 Å². The fourth-order valence-corrected chi connectivity index (χ4v) is 10.00. The molecule has 4 N–H and O–H groups in total. The van der Waals surface area contributed by atoms with Gasteiger partial charge in [0.25, 0.3) is 0 Å². The summed E-state index contributed by atoms with van der Waals surface area (Å²) in [7, 11) is -4.73. The summed E-state index contributed by atoms with van der Waals surface area (Å²) in [5.74, 6) is 0.00789. The van der Waals surface area contributed by atoms with Crippen LogP contribution in [0.2, 0.25) is 36.3 Å². The van der Waals surface area contributed by atoms with E-state index in [1.54, 1.807) is 18.2 Å². The summed E-state index contributed by atoms with van der Waals surface area (Å²) in [5.41, 5.74) is 4.81. The molecule has 0 saturated carbocycles. The quantitative estimate of drug-likeness (QED) is 0.0774. The largest absolute Gasteiger partial charge is 0.543 e. The van der Waals surface area contributed by atoms with Gasteiger partial charge in [0.05, 0.1) is 24.7 Å². The monoisotopic (exact) mass is 857 g/mol. The molecule has 0 unspecified atom stereocenters. The highest BCUT2D eigenvalue weighted by Crippen LogP contribution is 2.51. The molecule has 2 heterocycles. The fourth-order valence-electron chi connectivity index (χ4n) is 7.64. The topological polar surface area (TPSA) is 129 Å². The van der Waals surface area contributed by atoms with Gasteiger partial charge in [0.1, 0.15) is 42.1 Å². The maximum absolute atomic E-state index is 14.5. The Bertz CT molecular complexity index is 2100. The first-order valence-corrected chi connectivity index (χ1v) is 26.9. The molecule has 0 radical (unpaired) electrons. The van der Waals surface area contributed by atoms with Crippen molar-refractivity contribution in [1.82, 2.24) is 0 Å². The molecule has 1 amide bonds. The third-order valence-corrected chi connectivity index (χ3v) is 22.2. The number of hydrogen-bond acceptors (Lipinski definition) is 8. The molecule has 0 aromatic heterocycles. The van der Waals surface area contributed by atoms with Crippen LogP contribution in [-0.4, -0.2) is 74.0 Å². The lowest BCUT2D eigenvalue weighted by atomic mass is 9.77. The number of para-hydroxylation sites is 1. The number of hydrogen-bond donors (Lipinski definition) is 4. The van der Waals surface area contributed by atoms with Crippen molar-refractivity contribution in [3.05, 3.63) is 120 Å². The average Bonchev–Trinajstić information content (AvgIpc) is 3.18. The number of amides is 1. The van der Waals surface area contributed by atoms with E-state index in [4.69, 9.17) is 13.6 Å². The zero-order valence-electron chi connectivity index (χ0n) is 36.7. The Morgan fingerprint density at radius 2 is 1.40 bits per heavy atom. The number of anilines is 1. The number of halogens is 1. The molecule has 60 heavy (non-hydrogen) atoms. The number of nitrogens with zero attached hydrogens (tertiary/aromatic N) is 1. The molecule has 2 fully saturated rings. The Labute approximate surface area is 357 Å². The Hall–Kier alpha value is -3.73. The number of ether oxygens (including phenoxy) is 1. The second-order valence-corrected chi connectivity index (χ2v) is 29.1. The number of carbonyl (C=O) groups is 1. The molecular formula is C48H64FNO8Si2. The molecule has 2 aliphatic heterocycles. The molecule has 9 nitrogen and oxygen atoms in total. The Balaban J connectivity index is 1.41. The first-order valence-electron chi connectivity index (χ1n) is 21.1. The molecule has 0 spiro atoms. The van der Waals surface area contributed by atoms with Crippen molar-refractivity contribution in [1.29, 1.82) is 0 Å². The maximum atomic E-state index is 14.5. The predicted octanol–water partition coefficient (Wildman–Crippen LogP) is 9.64. The maximum Gasteiger partial charge on any atom is 0.250 e. The SMILES string of the molecule is CC(C)(C)[Si](C)(C)Oc1cc(-c2cccc([C@@H]3O[C@H](CO)[C@@H](O)[C@H](O)[C@H]3O)c2)ccc1[C@@H]1[C@H](CC[C@H](O[Si](C)(C)C(C)(C)C)c2ccc(F)cc2)C(=O)N1c1ccccc1. The standard InChI is InChI=1S/C48H64FNO8Si2/c1-47(2,3)59(7,8)57-38(30-19-22-34(49)23-20-30)26-25-37-41(50(46(37)55)35-17-12-11-13-18-35)36-24-21-32(28-39(36)58-60(9,10)48(4,5)6)31-15-14-16-33(27-31)45-44(54)43(53)42(52)40(29-51)56-45/h11-24,27-28,37-38,40-45,51-54H,25-26,29H2,1-10H3/t37-,38-,40+,41+,42+,43-,44+,45-/m0/s1. The van der Waals surface area contributed by atoms with Gasteiger partial charge in [-0.1, -0.05) is 102 Å². The number of β-lactam (4-membered cyclic amide) rings is 1. The Morgan fingerprint density at radius 3 is 2.02 bits per heavy atom. The van der Waals surface area contributed by atoms with Gasteiger partial charge < -0.3 is 38.9 Å². The molecule has 324 valence electrons. The summed E-state index contributed by atoms with van der Waals surface area (Å²) in [6.45, 7) is 21.5. The second kappa shape index (κ2) is 17.6. The van der Waals surface area contributed by atoms with Crippen LogP contribution in [0.25, 0.3) is 11.1 Å². The van der Waals surface area contributed by atoms with Gasteiger partial charge in [-0.15, -0.1) is 0 Å². The van der Waals surface area contributed by atoms with Crippen LogP contribution >= 0.6 is 0 Å². The zero-order valence-corrected chi connectivity index (χ0v) is 38.7. The molecule has 4 aromatic rings. The predicted molar refractivity (Wildman–Crippen MR) is 239 cm³/mol. The van der Waals surface area contributed by atoms with Crippen LogP contribution in [-0.2, 0) is 14.0 Å². The van der Waals surface area contributed by atoms with Crippen molar-refractivity contribution in [3.63, 3.8) is 0 Å². The van der Waals surface area contributed by atoms with Crippen molar-refractivity contribution in [2.45, 2.75) is 133 Å². The van der Waals surface area contributed by atoms with Gasteiger partial charge in [-0.05, 0) is 108 Å². The summed E-state index contributed by atoms with van der Waals surface area (Å²) >= 11 is 0. The molecule has 12 heteroatoms. The first-order chi connectivity index (χ1) is 28.0. The van der Waals surface area contributed by atoms with Gasteiger partial charge in [0, 0.05) is 11.3 Å². The number of aliphatic hydroxyl groups excluding tert-OH is 4. The fraction of sp³-hybridized carbons (Fsp3) is 0.479. The van der Waals surface area contributed by atoms with Gasteiger partial charge in [-0.2, -0.15) is 0 Å². The minimum atomic E-state index is -2.46. The first kappa shape index (κ1) is 45.8. The van der Waals surface area contributed by atoms with E-state index in [-0.39, 0.29) is 33.9 Å². The Kier molecular flexibility index (Phi) is 13.4. The van der Waals surface area contributed by atoms with Crippen molar-refractivity contribution in [2.24, 2.45) is 5.92 Å². The van der Waals surface area contributed by atoms with Crippen LogP contribution in [0.1, 0.15) is 89.3 Å². The highest BCUT2D eigenvalue weighted by atomic mass is 28.4. The van der Waals surface area contributed by atoms with Crippen LogP contribution in [0.4, 0.5) is 10.1 Å². The van der Waals surface area contributed by atoms with Gasteiger partial charge in [-0.3, -0.25) is 4.79 Å². The highest BCUT2D eigenvalue weighted by Gasteiger charge is 2.51. The van der Waals surface area contributed by atoms with E-state index in [0.717, 1.165) is 27.9 Å². The lowest BCUT2D eigenvalue weighted by molar-refractivity contribution is -0.231. The zero-order chi connectivity index (χ0) is 43.9. The number of aliphatic hydroxyl groups is 4. The summed E-state index contributed by atoms with van der Waals surface area (Å²) in [6.07, 6.45) is -5.61. The summed E-state index contributed by atoms with van der Waals surface area (Å²) in [6, 6.07) is 29.4. The van der Waals surface area contributed by atoms with Crippen molar-refractivity contribution >= 4 is 28.2 Å². The van der Waals surface area contributed by atoms with Crippen molar-refractivity contribution in [2.75, 3.05) is 11.5 Å². The molecular weight excluding hydrogens is 794 g/mol. The van der Waals surface area contributed by atoms with Crippen LogP contribution in [0.5, 0.6) is 5.75 Å². The molecule has 4 aromatic carbocycles. The van der Waals surface area contributed by atoms with Gasteiger partial charge in [0.15, 0.2) is 8.32 Å². The molecule has 2 aliphatic rings. The van der Waals surface area contributed by atoms with E-state index >= 15 is 0 Å². The van der Waals surface area contributed by atoms with Crippen LogP contribution in [0.3, 0.4) is 0 Å². The highest BCUT2D eigenvalue weighted by molar-refractivity contribution is 6.75. The number of carbonyl (C=O) groups excluding carboxylic acids is 1. The molecule has 8 atom stereocenters. The normalized spacial score (nSPS) is 24.6. The van der Waals surface area contributed by atoms with E-state index in [1.165, 1.54) is 12.1 Å². The van der Waals surface area contributed by atoms with E-state index in [1.807, 2.05) is 65.6 Å². The lowest BCUT2D eigenvalue weighted by Crippen LogP contribution is -2.55. The minimum Gasteiger partial charge on any atom is -0.543 e. The van der Waals surface area contributed by atoms with Crippen molar-refractivity contribution in [3.8, 4) is 16.9 Å². The number of benzene rings is 4. The van der Waals surface area contributed by atoms with E-state index in [9.17, 15) is 29.6 Å². The molecule has 0 aliphatic carbocycles. The van der Waals surface area contributed by atoms with Crippen LogP contribution in [0.15, 0.2) is 97.1 Å². The molecule has 0 bridgehead atoms. The smallest absolute Gasteiger partial charge is 0.250 e. The average molecular weight is 858 g/mol. The summed E-state index contributed by atoms with van der Waals surface area (Å²) in [5, 5.41) is 41.5. The van der Waals surface area contributed by atoms with Gasteiger partial charge in [0.2, 0.25) is 14.2 Å². The lowest BCUT2D eigenvalue weighted by Gasteiger charge is -2.49. The minimum absolute atomic E-state index is 0.0194. The second-order valence-electron chi connectivity index (χ2n) is 19.6. The Morgan fingerprint density at radius 1 is 0.767 bits per heavy atom. The van der Waals surface area contributed by atoms with Gasteiger partial charge >= 0.3 is 0 Å². The van der Waals surface area contributed by atoms with Crippen LogP contribution < -0.4 is 9.33 Å². The van der Waals surface area contributed by atoms with Gasteiger partial charge in [-0.25, -0.2) is 4.39 Å². The summed E-state index contributed by atoms with van der Waals surface area (Å²) in [4.78, 5) is 16.3. The molecule has 6 rings (SSSR count). The van der Waals surface area contributed by atoms with E-state index in [2.05, 4.69) is 73.8 Å². The number of rotatable bonds is 13. The molecule has 2 saturated heterocycles.